The fourth-order valence-corrected chi connectivity index (χ4v) is 1.58. The minimum atomic E-state index is 0.478. The van der Waals surface area contributed by atoms with Gasteiger partial charge in [-0.3, -0.25) is 0 Å². The first kappa shape index (κ1) is 16.5. The molecule has 0 heterocycles. The van der Waals surface area contributed by atoms with Crippen LogP contribution in [-0.4, -0.2) is 37.7 Å². The maximum atomic E-state index is 5.40. The standard InChI is InChI=1S/C13H27O2.Li/c1-3-5-7-8-10-12-15-13-14-11-9-6-4-2;/h4H,3,5-13H2,1-2H3;. The van der Waals surface area contributed by atoms with Crippen molar-refractivity contribution in [2.24, 2.45) is 0 Å². The van der Waals surface area contributed by atoms with Gasteiger partial charge in [-0.25, -0.2) is 0 Å². The van der Waals surface area contributed by atoms with Crippen LogP contribution in [0.3, 0.4) is 0 Å². The van der Waals surface area contributed by atoms with Gasteiger partial charge in [0.2, 0.25) is 0 Å². The number of hydrogen-bond acceptors (Lipinski definition) is 2. The Kier molecular flexibility index (Phi) is 14.0. The van der Waals surface area contributed by atoms with Gasteiger partial charge in [0.1, 0.15) is 0 Å². The SMILES string of the molecule is [Li][CH](C)CCCOCOCCCCCCC. The first-order valence-corrected chi connectivity index (χ1v) is 6.92. The molecule has 16 heavy (non-hydrogen) atoms. The Bertz CT molecular complexity index is 129. The third-order valence-electron chi connectivity index (χ3n) is 2.63. The van der Waals surface area contributed by atoms with Crippen molar-refractivity contribution >= 4 is 17.7 Å². The first-order valence-electron chi connectivity index (χ1n) is 6.92. The van der Waals surface area contributed by atoms with Gasteiger partial charge in [-0.2, -0.15) is 0 Å². The molecule has 0 amide bonds. The summed E-state index contributed by atoms with van der Waals surface area (Å²) in [5.74, 6) is 0. The summed E-state index contributed by atoms with van der Waals surface area (Å²) in [6.07, 6.45) is 8.87. The molecule has 0 rings (SSSR count). The van der Waals surface area contributed by atoms with Gasteiger partial charge >= 0.3 is 97.2 Å². The van der Waals surface area contributed by atoms with Crippen molar-refractivity contribution in [1.82, 2.24) is 0 Å². The second-order valence-corrected chi connectivity index (χ2v) is 4.88. The minimum Gasteiger partial charge on any atom is -0.0654 e. The van der Waals surface area contributed by atoms with E-state index in [1.54, 1.807) is 0 Å². The van der Waals surface area contributed by atoms with E-state index in [-0.39, 0.29) is 0 Å². The molecular weight excluding hydrogens is 195 g/mol. The van der Waals surface area contributed by atoms with Gasteiger partial charge in [0, 0.05) is 0 Å². The fraction of sp³-hybridized carbons (Fsp3) is 1.00. The smallest absolute Gasteiger partial charge is 0.0654 e. The molecule has 2 nitrogen and oxygen atoms in total. The van der Waals surface area contributed by atoms with E-state index in [0.29, 0.717) is 6.79 Å². The molecule has 0 aromatic carbocycles. The van der Waals surface area contributed by atoms with E-state index in [1.807, 2.05) is 0 Å². The number of ether oxygens (including phenoxy) is 2. The van der Waals surface area contributed by atoms with Crippen LogP contribution in [-0.2, 0) is 9.47 Å². The van der Waals surface area contributed by atoms with E-state index in [0.717, 1.165) is 24.2 Å². The van der Waals surface area contributed by atoms with Crippen LogP contribution in [0.1, 0.15) is 58.8 Å². The summed E-state index contributed by atoms with van der Waals surface area (Å²) < 4.78 is 11.6. The number of unbranched alkanes of at least 4 members (excludes halogenated alkanes) is 4. The molecule has 0 aliphatic rings. The molecule has 1 atom stereocenters. The average molecular weight is 222 g/mol. The third-order valence-corrected chi connectivity index (χ3v) is 2.63. The van der Waals surface area contributed by atoms with E-state index in [4.69, 9.17) is 9.47 Å². The molecule has 0 radical (unpaired) electrons. The van der Waals surface area contributed by atoms with Crippen molar-refractivity contribution in [3.8, 4) is 0 Å². The van der Waals surface area contributed by atoms with Crippen molar-refractivity contribution in [3.63, 3.8) is 0 Å². The van der Waals surface area contributed by atoms with Crippen LogP contribution in [0.5, 0.6) is 0 Å². The molecular formula is C13H27LiO2. The van der Waals surface area contributed by atoms with Gasteiger partial charge in [0.25, 0.3) is 0 Å². The van der Waals surface area contributed by atoms with Gasteiger partial charge in [-0.05, 0) is 0 Å². The molecule has 0 aromatic heterocycles. The fourth-order valence-electron chi connectivity index (χ4n) is 1.58. The zero-order chi connectivity index (χ0) is 12.1. The van der Waals surface area contributed by atoms with Crippen LogP contribution in [0.4, 0.5) is 0 Å². The van der Waals surface area contributed by atoms with E-state index < -0.39 is 0 Å². The molecule has 0 aromatic rings. The summed E-state index contributed by atoms with van der Waals surface area (Å²) in [6, 6.07) is 0. The molecule has 0 bridgehead atoms. The Labute approximate surface area is 111 Å². The molecule has 0 saturated carbocycles. The average Bonchev–Trinajstić information content (AvgIpc) is 2.25. The Balaban J connectivity index is 2.88. The van der Waals surface area contributed by atoms with E-state index in [1.165, 1.54) is 38.5 Å². The van der Waals surface area contributed by atoms with Gasteiger partial charge in [0.15, 0.2) is 0 Å². The number of hydrogen-bond donors (Lipinski definition) is 0. The number of rotatable bonds is 12. The summed E-state index contributed by atoms with van der Waals surface area (Å²) in [5.41, 5.74) is 0. The normalized spacial score (nSPS) is 13.0. The molecule has 1 unspecified atom stereocenters. The van der Waals surface area contributed by atoms with Crippen LogP contribution < -0.4 is 0 Å². The molecule has 0 N–H and O–H groups in total. The van der Waals surface area contributed by atoms with Crippen molar-refractivity contribution < 1.29 is 9.47 Å². The van der Waals surface area contributed by atoms with Crippen LogP contribution >= 0.6 is 0 Å². The Morgan fingerprint density at radius 1 is 0.938 bits per heavy atom. The summed E-state index contributed by atoms with van der Waals surface area (Å²) in [6.45, 7) is 6.65. The Hall–Kier alpha value is 0.517. The van der Waals surface area contributed by atoms with Crippen molar-refractivity contribution in [2.45, 2.75) is 63.4 Å². The minimum absolute atomic E-state index is 0.478. The van der Waals surface area contributed by atoms with Crippen molar-refractivity contribution in [3.05, 3.63) is 0 Å². The zero-order valence-electron chi connectivity index (χ0n) is 11.5. The molecule has 92 valence electrons. The summed E-state index contributed by atoms with van der Waals surface area (Å²) in [7, 11) is 0. The van der Waals surface area contributed by atoms with Crippen LogP contribution in [0.25, 0.3) is 0 Å². The van der Waals surface area contributed by atoms with Crippen LogP contribution in [0.2, 0.25) is 4.59 Å². The molecule has 0 fully saturated rings. The molecule has 0 spiro atoms. The van der Waals surface area contributed by atoms with E-state index >= 15 is 0 Å². The zero-order valence-corrected chi connectivity index (χ0v) is 11.5. The second kappa shape index (κ2) is 13.6. The van der Waals surface area contributed by atoms with E-state index in [2.05, 4.69) is 31.6 Å². The van der Waals surface area contributed by atoms with E-state index in [9.17, 15) is 0 Å². The van der Waals surface area contributed by atoms with Crippen molar-refractivity contribution in [1.29, 1.82) is 0 Å². The Morgan fingerprint density at radius 3 is 2.19 bits per heavy atom. The predicted octanol–water partition coefficient (Wildman–Crippen LogP) is 3.70. The van der Waals surface area contributed by atoms with Crippen LogP contribution in [0, 0.1) is 0 Å². The van der Waals surface area contributed by atoms with Gasteiger partial charge < -0.3 is 0 Å². The maximum absolute atomic E-state index is 5.40. The summed E-state index contributed by atoms with van der Waals surface area (Å²) >= 11 is 2.24. The summed E-state index contributed by atoms with van der Waals surface area (Å²) in [4.78, 5) is 0. The van der Waals surface area contributed by atoms with Gasteiger partial charge in [-0.1, -0.05) is 13.3 Å². The first-order chi connectivity index (χ1) is 7.77. The van der Waals surface area contributed by atoms with Gasteiger partial charge in [0.05, 0.1) is 0 Å². The molecule has 0 saturated heterocycles. The van der Waals surface area contributed by atoms with Gasteiger partial charge in [-0.15, -0.1) is 0 Å². The second-order valence-electron chi connectivity index (χ2n) is 4.88. The third kappa shape index (κ3) is 14.5. The van der Waals surface area contributed by atoms with Crippen LogP contribution in [0.15, 0.2) is 0 Å². The Morgan fingerprint density at radius 2 is 1.56 bits per heavy atom. The topological polar surface area (TPSA) is 18.5 Å². The molecule has 3 heteroatoms. The molecule has 0 aliphatic carbocycles. The summed E-state index contributed by atoms with van der Waals surface area (Å²) in [5, 5.41) is 0. The predicted molar refractivity (Wildman–Crippen MR) is 69.9 cm³/mol. The quantitative estimate of drug-likeness (QED) is 0.285. The molecule has 0 aliphatic heterocycles. The monoisotopic (exact) mass is 222 g/mol. The van der Waals surface area contributed by atoms with Crippen molar-refractivity contribution in [2.75, 3.05) is 20.0 Å².